The Morgan fingerprint density at radius 2 is 1.74 bits per heavy atom. The van der Waals surface area contributed by atoms with Gasteiger partial charge in [0.25, 0.3) is 0 Å². The van der Waals surface area contributed by atoms with Gasteiger partial charge in [0.2, 0.25) is 0 Å². The summed E-state index contributed by atoms with van der Waals surface area (Å²) >= 11 is 0. The van der Waals surface area contributed by atoms with Crippen LogP contribution >= 0.6 is 10.8 Å². The number of carbonyl (C=O) groups excluding carboxylic acids is 1. The first-order valence-corrected chi connectivity index (χ1v) is 13.6. The maximum atomic E-state index is 14.0. The fourth-order valence-electron chi connectivity index (χ4n) is 5.74. The van der Waals surface area contributed by atoms with E-state index in [4.69, 9.17) is 0 Å². The number of hydrogen-bond acceptors (Lipinski definition) is 6. The van der Waals surface area contributed by atoms with Crippen LogP contribution in [0.15, 0.2) is 63.4 Å². The molecule has 0 radical (unpaired) electrons. The van der Waals surface area contributed by atoms with Crippen molar-refractivity contribution >= 4 is 63.4 Å². The van der Waals surface area contributed by atoms with Crippen molar-refractivity contribution in [2.45, 2.75) is 68.6 Å². The van der Waals surface area contributed by atoms with Crippen LogP contribution in [0.3, 0.4) is 0 Å². The van der Waals surface area contributed by atoms with E-state index in [1.54, 1.807) is 24.3 Å². The third-order valence-electron chi connectivity index (χ3n) is 7.65. The Bertz CT molecular complexity index is 1190. The Balaban J connectivity index is 0.00000289. The van der Waals surface area contributed by atoms with Crippen molar-refractivity contribution in [3.63, 3.8) is 0 Å². The summed E-state index contributed by atoms with van der Waals surface area (Å²) in [6.07, 6.45) is 9.14. The Morgan fingerprint density at radius 3 is 2.51 bits per heavy atom. The molecular formula is C27H33N2NaO4S. The van der Waals surface area contributed by atoms with Crippen LogP contribution in [0.1, 0.15) is 69.4 Å². The molecule has 6 nitrogen and oxygen atoms in total. The van der Waals surface area contributed by atoms with Gasteiger partial charge in [-0.2, -0.15) is 0 Å². The second-order valence-electron chi connectivity index (χ2n) is 9.91. The van der Waals surface area contributed by atoms with Crippen LogP contribution in [-0.4, -0.2) is 55.4 Å². The van der Waals surface area contributed by atoms with Gasteiger partial charge in [-0.05, 0) is 37.0 Å². The predicted octanol–water partition coefficient (Wildman–Crippen LogP) is 6.45. The van der Waals surface area contributed by atoms with E-state index < -0.39 is 16.2 Å². The molecule has 0 amide bonds. The molecule has 2 aromatic rings. The van der Waals surface area contributed by atoms with E-state index in [2.05, 4.69) is 9.71 Å². The molecule has 1 fully saturated rings. The molecule has 0 bridgehead atoms. The summed E-state index contributed by atoms with van der Waals surface area (Å²) in [6.45, 7) is 1.94. The van der Waals surface area contributed by atoms with E-state index in [9.17, 15) is 19.0 Å². The minimum absolute atomic E-state index is 0. The van der Waals surface area contributed by atoms with E-state index in [-0.39, 0.29) is 57.4 Å². The van der Waals surface area contributed by atoms with Crippen LogP contribution in [-0.2, 0) is 10.2 Å². The van der Waals surface area contributed by atoms with Crippen LogP contribution in [0.5, 0.6) is 0 Å². The Kier molecular flexibility index (Phi) is 7.86. The number of carbonyl (C=O) groups is 1. The molecule has 5 rings (SSSR count). The van der Waals surface area contributed by atoms with Gasteiger partial charge in [-0.3, -0.25) is 13.9 Å². The third kappa shape index (κ3) is 4.87. The zero-order chi connectivity index (χ0) is 23.9. The summed E-state index contributed by atoms with van der Waals surface area (Å²) in [6, 6.07) is 14.2. The number of Topliss-reactive ketones (excluding diaryl/α,β-unsaturated/α-hetero) is 1. The van der Waals surface area contributed by atoms with Crippen molar-refractivity contribution in [2.24, 2.45) is 10.3 Å². The molecule has 182 valence electrons. The number of para-hydroxylation sites is 1. The van der Waals surface area contributed by atoms with Crippen LogP contribution in [0, 0.1) is 5.92 Å². The molecular weight excluding hydrogens is 471 g/mol. The second-order valence-corrected chi connectivity index (χ2v) is 11.6. The first-order valence-electron chi connectivity index (χ1n) is 12.1. The molecule has 1 heterocycles. The zero-order valence-corrected chi connectivity index (χ0v) is 20.3. The zero-order valence-electron chi connectivity index (χ0n) is 19.5. The average molecular weight is 505 g/mol. The molecule has 2 aliphatic carbocycles. The van der Waals surface area contributed by atoms with Crippen molar-refractivity contribution in [3.05, 3.63) is 65.2 Å². The van der Waals surface area contributed by atoms with Crippen molar-refractivity contribution in [2.75, 3.05) is 5.32 Å². The number of fused-ring (bicyclic) bond motifs is 2. The first kappa shape index (κ1) is 26.5. The number of aliphatic hydroxyl groups is 1. The Labute approximate surface area is 230 Å². The maximum absolute atomic E-state index is 14.0. The Morgan fingerprint density at radius 1 is 1.06 bits per heavy atom. The molecule has 35 heavy (non-hydrogen) atoms. The summed E-state index contributed by atoms with van der Waals surface area (Å²) < 4.78 is 25.5. The van der Waals surface area contributed by atoms with Gasteiger partial charge in [-0.25, -0.2) is 0 Å². The van der Waals surface area contributed by atoms with Crippen molar-refractivity contribution in [1.82, 2.24) is 0 Å². The third-order valence-corrected chi connectivity index (χ3v) is 9.03. The fraction of sp³-hybridized carbons (Fsp3) is 0.407. The number of amidine groups is 1. The topological polar surface area (TPSA) is 102 Å². The van der Waals surface area contributed by atoms with Gasteiger partial charge in [0.1, 0.15) is 16.2 Å². The van der Waals surface area contributed by atoms with Gasteiger partial charge in [-0.1, -0.05) is 92.1 Å². The van der Waals surface area contributed by atoms with Crippen molar-refractivity contribution in [1.29, 1.82) is 0 Å². The Hall–Kier alpha value is -1.61. The number of benzene rings is 2. The first-order chi connectivity index (χ1) is 16.3. The predicted molar refractivity (Wildman–Crippen MR) is 145 cm³/mol. The summed E-state index contributed by atoms with van der Waals surface area (Å²) in [4.78, 5) is 14.3. The molecule has 0 saturated heterocycles. The number of nitrogens with zero attached hydrogens (tertiary/aromatic N) is 1. The van der Waals surface area contributed by atoms with Crippen molar-refractivity contribution in [3.8, 4) is 0 Å². The average Bonchev–Trinajstić information content (AvgIpc) is 2.83. The summed E-state index contributed by atoms with van der Waals surface area (Å²) in [5, 5.41) is 14.3. The van der Waals surface area contributed by atoms with Gasteiger partial charge in [-0.15, -0.1) is 4.40 Å². The van der Waals surface area contributed by atoms with Gasteiger partial charge >= 0.3 is 29.6 Å². The van der Waals surface area contributed by atoms with E-state index in [1.807, 2.05) is 31.2 Å². The van der Waals surface area contributed by atoms with Crippen LogP contribution in [0.25, 0.3) is 5.76 Å². The van der Waals surface area contributed by atoms with Crippen LogP contribution in [0.4, 0.5) is 5.69 Å². The summed E-state index contributed by atoms with van der Waals surface area (Å²) in [5.41, 5.74) is 1.06. The molecule has 2 aromatic carbocycles. The van der Waals surface area contributed by atoms with Gasteiger partial charge < -0.3 is 10.4 Å². The molecule has 3 aliphatic rings. The SMILES string of the molecule is CC1(CCCC2CCCCC2)C(=O)C(C2=NS(O)(O)c3ccccc3N2)=C(O)c2ccccc21.[NaH]. The van der Waals surface area contributed by atoms with E-state index in [0.29, 0.717) is 17.7 Å². The van der Waals surface area contributed by atoms with Crippen LogP contribution in [0.2, 0.25) is 0 Å². The molecule has 0 aromatic heterocycles. The van der Waals surface area contributed by atoms with Gasteiger partial charge in [0, 0.05) is 5.56 Å². The number of nitrogens with one attached hydrogen (secondary N) is 1. The standard InChI is InChI=1S/C27H32N2O4S.Na.H/c1-27(17-9-12-18-10-3-2-4-11-18)20-14-6-5-13-19(20)24(30)23(25(27)31)26-28-21-15-7-8-16-22(21)34(32,33)29-26;;/h5-8,13-16,18,30,32-33H,2-4,9-12,17H2,1H3,(H,28,29);;. The van der Waals surface area contributed by atoms with Crippen molar-refractivity contribution < 1.29 is 19.0 Å². The summed E-state index contributed by atoms with van der Waals surface area (Å²) in [7, 11) is -3.51. The number of aliphatic hydroxyl groups excluding tert-OH is 1. The monoisotopic (exact) mass is 504 g/mol. The molecule has 1 saturated carbocycles. The van der Waals surface area contributed by atoms with Gasteiger partial charge in [0.15, 0.2) is 11.6 Å². The molecule has 0 spiro atoms. The number of ketones is 1. The van der Waals surface area contributed by atoms with Gasteiger partial charge in [0.05, 0.1) is 11.1 Å². The van der Waals surface area contributed by atoms with E-state index in [1.165, 1.54) is 32.1 Å². The van der Waals surface area contributed by atoms with Crippen LogP contribution < -0.4 is 5.32 Å². The van der Waals surface area contributed by atoms with E-state index in [0.717, 1.165) is 24.3 Å². The number of hydrogen-bond donors (Lipinski definition) is 4. The molecule has 4 N–H and O–H groups in total. The number of rotatable bonds is 5. The fourth-order valence-corrected chi connectivity index (χ4v) is 6.91. The summed E-state index contributed by atoms with van der Waals surface area (Å²) in [5.74, 6) is 0.317. The molecule has 1 atom stereocenters. The van der Waals surface area contributed by atoms with E-state index >= 15 is 0 Å². The molecule has 8 heteroatoms. The normalized spacial score (nSPS) is 24.4. The number of anilines is 1. The molecule has 1 aliphatic heterocycles. The minimum atomic E-state index is -3.51. The quantitative estimate of drug-likeness (QED) is 0.351. The molecule has 1 unspecified atom stereocenters. The second kappa shape index (κ2) is 10.4.